The highest BCUT2D eigenvalue weighted by Gasteiger charge is 2.33. The van der Waals surface area contributed by atoms with Gasteiger partial charge in [-0.1, -0.05) is 6.92 Å². The zero-order chi connectivity index (χ0) is 15.9. The molecule has 0 aromatic carbocycles. The third kappa shape index (κ3) is 2.91. The van der Waals surface area contributed by atoms with Crippen molar-refractivity contribution in [2.75, 3.05) is 6.54 Å². The fraction of sp³-hybridized carbons (Fsp3) is 0.647. The first-order valence-electron chi connectivity index (χ1n) is 8.17. The maximum atomic E-state index is 12.9. The van der Waals surface area contributed by atoms with Crippen LogP contribution in [0, 0.1) is 11.8 Å². The lowest BCUT2D eigenvalue weighted by molar-refractivity contribution is -0.123. The maximum Gasteiger partial charge on any atom is 0.264 e. The standard InChI is InChI=1S/C17H24N2O2S/c1-10-3-6-14-13(7-10)8-15(22-14)17(21)19-9-12(16(18)20)5-4-11(19)2/h8,10-12H,3-7,9H2,1-2H3,(H2,18,20)/t10-,11-,12+/m1/s1. The number of likely N-dealkylation sites (tertiary alicyclic amines) is 1. The van der Waals surface area contributed by atoms with Crippen LogP contribution >= 0.6 is 11.3 Å². The summed E-state index contributed by atoms with van der Waals surface area (Å²) in [6.45, 7) is 4.80. The van der Waals surface area contributed by atoms with Gasteiger partial charge < -0.3 is 10.6 Å². The fourth-order valence-electron chi connectivity index (χ4n) is 3.57. The van der Waals surface area contributed by atoms with Crippen LogP contribution in [0.25, 0.3) is 0 Å². The molecule has 4 nitrogen and oxygen atoms in total. The molecule has 1 fully saturated rings. The lowest BCUT2D eigenvalue weighted by atomic mass is 9.90. The molecular formula is C17H24N2O2S. The van der Waals surface area contributed by atoms with Crippen molar-refractivity contribution in [1.82, 2.24) is 4.90 Å². The Bertz CT molecular complexity index is 595. The lowest BCUT2D eigenvalue weighted by Gasteiger charge is -2.36. The van der Waals surface area contributed by atoms with Crippen molar-refractivity contribution >= 4 is 23.2 Å². The number of carbonyl (C=O) groups excluding carboxylic acids is 2. The zero-order valence-electron chi connectivity index (χ0n) is 13.3. The minimum absolute atomic E-state index is 0.0745. The Morgan fingerprint density at radius 3 is 2.77 bits per heavy atom. The summed E-state index contributed by atoms with van der Waals surface area (Å²) in [4.78, 5) is 28.4. The van der Waals surface area contributed by atoms with Crippen LogP contribution in [0.3, 0.4) is 0 Å². The van der Waals surface area contributed by atoms with Crippen LogP contribution in [0.1, 0.15) is 53.2 Å². The number of hydrogen-bond acceptors (Lipinski definition) is 3. The fourth-order valence-corrected chi connectivity index (χ4v) is 4.74. The Morgan fingerprint density at radius 1 is 1.27 bits per heavy atom. The second kappa shape index (κ2) is 6.03. The highest BCUT2D eigenvalue weighted by molar-refractivity contribution is 7.14. The smallest absolute Gasteiger partial charge is 0.264 e. The van der Waals surface area contributed by atoms with E-state index in [1.807, 2.05) is 4.90 Å². The number of nitrogens with zero attached hydrogens (tertiary/aromatic N) is 1. The van der Waals surface area contributed by atoms with E-state index in [1.54, 1.807) is 11.3 Å². The van der Waals surface area contributed by atoms with Crippen LogP contribution in [0.5, 0.6) is 0 Å². The molecule has 22 heavy (non-hydrogen) atoms. The molecule has 2 heterocycles. The van der Waals surface area contributed by atoms with Gasteiger partial charge in [-0.05, 0) is 56.6 Å². The number of carbonyl (C=O) groups is 2. The van der Waals surface area contributed by atoms with Gasteiger partial charge >= 0.3 is 0 Å². The molecule has 3 rings (SSSR count). The number of amides is 2. The van der Waals surface area contributed by atoms with Gasteiger partial charge in [0, 0.05) is 17.5 Å². The first-order chi connectivity index (χ1) is 10.5. The number of hydrogen-bond donors (Lipinski definition) is 1. The Labute approximate surface area is 135 Å². The van der Waals surface area contributed by atoms with Crippen LogP contribution in [0.2, 0.25) is 0 Å². The van der Waals surface area contributed by atoms with Crippen molar-refractivity contribution in [2.45, 2.75) is 52.0 Å². The van der Waals surface area contributed by atoms with Gasteiger partial charge in [-0.3, -0.25) is 9.59 Å². The molecule has 2 amide bonds. The predicted molar refractivity (Wildman–Crippen MR) is 87.9 cm³/mol. The first kappa shape index (κ1) is 15.5. The number of aryl methyl sites for hydroxylation is 1. The topological polar surface area (TPSA) is 63.4 Å². The molecule has 1 aliphatic carbocycles. The van der Waals surface area contributed by atoms with Gasteiger partial charge in [0.1, 0.15) is 0 Å². The molecule has 0 saturated carbocycles. The lowest BCUT2D eigenvalue weighted by Crippen LogP contribution is -2.48. The molecule has 2 N–H and O–H groups in total. The summed E-state index contributed by atoms with van der Waals surface area (Å²) in [5, 5.41) is 0. The largest absolute Gasteiger partial charge is 0.369 e. The van der Waals surface area contributed by atoms with Crippen molar-refractivity contribution < 1.29 is 9.59 Å². The second-order valence-electron chi connectivity index (χ2n) is 6.89. The Morgan fingerprint density at radius 2 is 2.05 bits per heavy atom. The van der Waals surface area contributed by atoms with Crippen LogP contribution in [-0.2, 0) is 17.6 Å². The number of thiophene rings is 1. The molecule has 120 valence electrons. The van der Waals surface area contributed by atoms with E-state index >= 15 is 0 Å². The van der Waals surface area contributed by atoms with Crippen LogP contribution in [0.15, 0.2) is 6.07 Å². The third-order valence-corrected chi connectivity index (χ3v) is 6.31. The molecule has 1 aromatic rings. The van der Waals surface area contributed by atoms with Crippen molar-refractivity contribution in [2.24, 2.45) is 17.6 Å². The SMILES string of the molecule is C[C@@H]1CCc2sc(C(=O)N3C[C@@H](C(N)=O)CC[C@H]3C)cc2C1. The summed E-state index contributed by atoms with van der Waals surface area (Å²) in [7, 11) is 0. The molecule has 1 saturated heterocycles. The number of primary amides is 1. The number of rotatable bonds is 2. The molecule has 5 heteroatoms. The number of nitrogens with two attached hydrogens (primary N) is 1. The summed E-state index contributed by atoms with van der Waals surface area (Å²) in [6, 6.07) is 2.26. The Balaban J connectivity index is 1.79. The molecular weight excluding hydrogens is 296 g/mol. The van der Waals surface area contributed by atoms with E-state index in [0.717, 1.165) is 30.6 Å². The molecule has 2 aliphatic rings. The van der Waals surface area contributed by atoms with Gasteiger partial charge in [0.25, 0.3) is 5.91 Å². The predicted octanol–water partition coefficient (Wildman–Crippen LogP) is 2.60. The molecule has 0 radical (unpaired) electrons. The zero-order valence-corrected chi connectivity index (χ0v) is 14.1. The van der Waals surface area contributed by atoms with E-state index in [0.29, 0.717) is 12.5 Å². The van der Waals surface area contributed by atoms with Crippen molar-refractivity contribution in [3.05, 3.63) is 21.4 Å². The van der Waals surface area contributed by atoms with E-state index in [2.05, 4.69) is 19.9 Å². The molecule has 1 aliphatic heterocycles. The Kier molecular flexibility index (Phi) is 4.26. The van der Waals surface area contributed by atoms with Gasteiger partial charge in [0.2, 0.25) is 5.91 Å². The number of piperidine rings is 1. The van der Waals surface area contributed by atoms with Gasteiger partial charge in [0.15, 0.2) is 0 Å². The second-order valence-corrected chi connectivity index (χ2v) is 8.03. The van der Waals surface area contributed by atoms with Gasteiger partial charge in [-0.15, -0.1) is 11.3 Å². The minimum Gasteiger partial charge on any atom is -0.369 e. The minimum atomic E-state index is -0.288. The summed E-state index contributed by atoms with van der Waals surface area (Å²) >= 11 is 1.64. The van der Waals surface area contributed by atoms with Crippen molar-refractivity contribution in [1.29, 1.82) is 0 Å². The van der Waals surface area contributed by atoms with Crippen molar-refractivity contribution in [3.8, 4) is 0 Å². The van der Waals surface area contributed by atoms with E-state index < -0.39 is 0 Å². The average Bonchev–Trinajstić information content (AvgIpc) is 2.89. The van der Waals surface area contributed by atoms with Crippen molar-refractivity contribution in [3.63, 3.8) is 0 Å². The summed E-state index contributed by atoms with van der Waals surface area (Å²) < 4.78 is 0. The third-order valence-electron chi connectivity index (χ3n) is 5.09. The van der Waals surface area contributed by atoms with Gasteiger partial charge in [-0.2, -0.15) is 0 Å². The maximum absolute atomic E-state index is 12.9. The normalized spacial score (nSPS) is 28.3. The van der Waals surface area contributed by atoms with Gasteiger partial charge in [0.05, 0.1) is 10.8 Å². The number of fused-ring (bicyclic) bond motifs is 1. The van der Waals surface area contributed by atoms with Crippen LogP contribution in [-0.4, -0.2) is 29.3 Å². The molecule has 0 spiro atoms. The molecule has 0 unspecified atom stereocenters. The van der Waals surface area contributed by atoms with E-state index in [1.165, 1.54) is 16.9 Å². The summed E-state index contributed by atoms with van der Waals surface area (Å²) in [5.74, 6) is 0.294. The highest BCUT2D eigenvalue weighted by Crippen LogP contribution is 2.34. The molecule has 1 aromatic heterocycles. The molecule has 0 bridgehead atoms. The quantitative estimate of drug-likeness (QED) is 0.910. The summed E-state index contributed by atoms with van der Waals surface area (Å²) in [5.41, 5.74) is 6.78. The highest BCUT2D eigenvalue weighted by atomic mass is 32.1. The van der Waals surface area contributed by atoms with E-state index in [-0.39, 0.29) is 23.8 Å². The van der Waals surface area contributed by atoms with Crippen LogP contribution in [0.4, 0.5) is 0 Å². The average molecular weight is 320 g/mol. The first-order valence-corrected chi connectivity index (χ1v) is 8.99. The Hall–Kier alpha value is -1.36. The summed E-state index contributed by atoms with van der Waals surface area (Å²) in [6.07, 6.45) is 5.03. The monoisotopic (exact) mass is 320 g/mol. The van der Waals surface area contributed by atoms with E-state index in [4.69, 9.17) is 5.73 Å². The molecule has 3 atom stereocenters. The van der Waals surface area contributed by atoms with E-state index in [9.17, 15) is 9.59 Å². The van der Waals surface area contributed by atoms with Crippen LogP contribution < -0.4 is 5.73 Å². The van der Waals surface area contributed by atoms with Gasteiger partial charge in [-0.25, -0.2) is 0 Å².